The number of hydrogen-bond acceptors (Lipinski definition) is 2. The van der Waals surface area contributed by atoms with Crippen LogP contribution in [0.3, 0.4) is 0 Å². The van der Waals surface area contributed by atoms with Crippen LogP contribution in [0.2, 0.25) is 0 Å². The van der Waals surface area contributed by atoms with E-state index in [2.05, 4.69) is 10.1 Å². The Labute approximate surface area is 114 Å². The second kappa shape index (κ2) is 6.72. The predicted molar refractivity (Wildman–Crippen MR) is 77.1 cm³/mol. The van der Waals surface area contributed by atoms with Gasteiger partial charge in [-0.1, -0.05) is 0 Å². The summed E-state index contributed by atoms with van der Waals surface area (Å²) >= 11 is 0. The molecule has 0 aliphatic heterocycles. The van der Waals surface area contributed by atoms with Crippen LogP contribution in [0.1, 0.15) is 5.69 Å². The molecule has 0 aromatic carbocycles. The van der Waals surface area contributed by atoms with Crippen molar-refractivity contribution in [2.24, 2.45) is 12.0 Å². The summed E-state index contributed by atoms with van der Waals surface area (Å²) < 4.78 is 1.79. The highest BCUT2D eigenvalue weighted by atomic mass is 127. The molecule has 1 aromatic heterocycles. The molecule has 0 aliphatic carbocycles. The molecule has 0 radical (unpaired) electrons. The summed E-state index contributed by atoms with van der Waals surface area (Å²) in [5.41, 5.74) is 0.985. The fraction of sp³-hybridized carbons (Fsp3) is 0.600. The van der Waals surface area contributed by atoms with E-state index in [-0.39, 0.29) is 24.0 Å². The summed E-state index contributed by atoms with van der Waals surface area (Å²) in [5, 5.41) is 4.27. The first-order chi connectivity index (χ1) is 7.00. The largest absolute Gasteiger partial charge is 0.349 e. The molecule has 0 N–H and O–H groups in total. The average Bonchev–Trinajstić information content (AvgIpc) is 2.50. The van der Waals surface area contributed by atoms with Gasteiger partial charge < -0.3 is 9.80 Å². The van der Waals surface area contributed by atoms with E-state index in [0.29, 0.717) is 6.54 Å². The first-order valence-electron chi connectivity index (χ1n) is 4.88. The third kappa shape index (κ3) is 4.38. The maximum atomic E-state index is 4.50. The standard InChI is InChI=1S/C10H19N5.HI/c1-13(2)10(14(3)4)11-8-9-6-7-15(5)12-9;/h6-7H,8H2,1-5H3;1H. The van der Waals surface area contributed by atoms with Crippen LogP contribution in [0.15, 0.2) is 17.3 Å². The van der Waals surface area contributed by atoms with Crippen LogP contribution in [-0.4, -0.2) is 53.7 Å². The molecular formula is C10H20IN5. The summed E-state index contributed by atoms with van der Waals surface area (Å²) in [4.78, 5) is 8.48. The number of halogens is 1. The van der Waals surface area contributed by atoms with Gasteiger partial charge in [0.25, 0.3) is 0 Å². The zero-order valence-electron chi connectivity index (χ0n) is 10.5. The Kier molecular flexibility index (Phi) is 6.39. The molecule has 1 heterocycles. The summed E-state index contributed by atoms with van der Waals surface area (Å²) in [5.74, 6) is 0.945. The molecule has 6 heteroatoms. The lowest BCUT2D eigenvalue weighted by Gasteiger charge is -2.22. The van der Waals surface area contributed by atoms with Crippen molar-refractivity contribution in [2.75, 3.05) is 28.2 Å². The zero-order chi connectivity index (χ0) is 11.4. The first-order valence-corrected chi connectivity index (χ1v) is 4.88. The third-order valence-corrected chi connectivity index (χ3v) is 1.95. The van der Waals surface area contributed by atoms with Crippen molar-refractivity contribution in [3.63, 3.8) is 0 Å². The highest BCUT2D eigenvalue weighted by Crippen LogP contribution is 1.98. The molecule has 1 rings (SSSR count). The van der Waals surface area contributed by atoms with Crippen molar-refractivity contribution in [3.05, 3.63) is 18.0 Å². The average molecular weight is 337 g/mol. The SMILES string of the molecule is CN(C)C(=NCc1ccn(C)n1)N(C)C.I. The van der Waals surface area contributed by atoms with Crippen molar-refractivity contribution in [1.29, 1.82) is 0 Å². The van der Waals surface area contributed by atoms with Crippen molar-refractivity contribution >= 4 is 29.9 Å². The second-order valence-corrected chi connectivity index (χ2v) is 3.89. The lowest BCUT2D eigenvalue weighted by Crippen LogP contribution is -2.35. The maximum absolute atomic E-state index is 4.50. The van der Waals surface area contributed by atoms with E-state index >= 15 is 0 Å². The van der Waals surface area contributed by atoms with Gasteiger partial charge in [-0.25, -0.2) is 4.99 Å². The molecule has 1 aromatic rings. The highest BCUT2D eigenvalue weighted by Gasteiger charge is 2.04. The summed E-state index contributed by atoms with van der Waals surface area (Å²) in [6.07, 6.45) is 1.93. The fourth-order valence-electron chi connectivity index (χ4n) is 1.38. The van der Waals surface area contributed by atoms with Crippen molar-refractivity contribution in [2.45, 2.75) is 6.54 Å². The Morgan fingerprint density at radius 1 is 1.31 bits per heavy atom. The number of nitrogens with zero attached hydrogens (tertiary/aromatic N) is 5. The molecule has 0 fully saturated rings. The highest BCUT2D eigenvalue weighted by molar-refractivity contribution is 14.0. The van der Waals surface area contributed by atoms with Gasteiger partial charge >= 0.3 is 0 Å². The lowest BCUT2D eigenvalue weighted by atomic mass is 10.4. The first kappa shape index (κ1) is 15.2. The minimum Gasteiger partial charge on any atom is -0.349 e. The second-order valence-electron chi connectivity index (χ2n) is 3.89. The van der Waals surface area contributed by atoms with E-state index in [4.69, 9.17) is 0 Å². The fourth-order valence-corrected chi connectivity index (χ4v) is 1.38. The number of aromatic nitrogens is 2. The molecule has 0 aliphatic rings. The van der Waals surface area contributed by atoms with Crippen molar-refractivity contribution in [1.82, 2.24) is 19.6 Å². The monoisotopic (exact) mass is 337 g/mol. The van der Waals surface area contributed by atoms with Gasteiger partial charge in [-0.3, -0.25) is 4.68 Å². The lowest BCUT2D eigenvalue weighted by molar-refractivity contribution is 0.479. The topological polar surface area (TPSA) is 36.7 Å². The molecule has 92 valence electrons. The molecule has 0 amide bonds. The normalized spacial score (nSPS) is 9.31. The Morgan fingerprint density at radius 3 is 2.25 bits per heavy atom. The van der Waals surface area contributed by atoms with Crippen LogP contribution in [-0.2, 0) is 13.6 Å². The van der Waals surface area contributed by atoms with E-state index in [1.807, 2.05) is 57.3 Å². The van der Waals surface area contributed by atoms with E-state index in [1.54, 1.807) is 4.68 Å². The van der Waals surface area contributed by atoms with Crippen molar-refractivity contribution < 1.29 is 0 Å². The zero-order valence-corrected chi connectivity index (χ0v) is 12.8. The Morgan fingerprint density at radius 2 is 1.88 bits per heavy atom. The molecule has 0 saturated carbocycles. The summed E-state index contributed by atoms with van der Waals surface area (Å²) in [6.45, 7) is 0.618. The van der Waals surface area contributed by atoms with Crippen LogP contribution in [0.5, 0.6) is 0 Å². The van der Waals surface area contributed by atoms with Crippen LogP contribution in [0.25, 0.3) is 0 Å². The Bertz CT molecular complexity index is 333. The molecule has 0 unspecified atom stereocenters. The third-order valence-electron chi connectivity index (χ3n) is 1.95. The van der Waals surface area contributed by atoms with Gasteiger partial charge in [0, 0.05) is 41.4 Å². The summed E-state index contributed by atoms with van der Waals surface area (Å²) in [7, 11) is 9.84. The van der Waals surface area contributed by atoms with E-state index < -0.39 is 0 Å². The van der Waals surface area contributed by atoms with Crippen LogP contribution < -0.4 is 0 Å². The van der Waals surface area contributed by atoms with Gasteiger partial charge in [0.15, 0.2) is 5.96 Å². The predicted octanol–water partition coefficient (Wildman–Crippen LogP) is 1.02. The molecule has 5 nitrogen and oxygen atoms in total. The maximum Gasteiger partial charge on any atom is 0.195 e. The van der Waals surface area contributed by atoms with E-state index in [0.717, 1.165) is 11.7 Å². The number of guanidine groups is 1. The number of aliphatic imine (C=N–C) groups is 1. The van der Waals surface area contributed by atoms with Gasteiger partial charge in [-0.15, -0.1) is 24.0 Å². The smallest absolute Gasteiger partial charge is 0.195 e. The molecule has 16 heavy (non-hydrogen) atoms. The number of rotatable bonds is 2. The minimum atomic E-state index is 0. The molecule has 0 spiro atoms. The van der Waals surface area contributed by atoms with Crippen LogP contribution in [0.4, 0.5) is 0 Å². The minimum absolute atomic E-state index is 0. The van der Waals surface area contributed by atoms with Gasteiger partial charge in [0.05, 0.1) is 12.2 Å². The molecular weight excluding hydrogens is 317 g/mol. The number of hydrogen-bond donors (Lipinski definition) is 0. The molecule has 0 bridgehead atoms. The van der Waals surface area contributed by atoms with E-state index in [1.165, 1.54) is 0 Å². The van der Waals surface area contributed by atoms with E-state index in [9.17, 15) is 0 Å². The molecule has 0 saturated heterocycles. The Balaban J connectivity index is 0.00000225. The van der Waals surface area contributed by atoms with Gasteiger partial charge in [-0.2, -0.15) is 5.10 Å². The Hall–Kier alpha value is -0.790. The quantitative estimate of drug-likeness (QED) is 0.459. The van der Waals surface area contributed by atoms with Crippen LogP contribution >= 0.6 is 24.0 Å². The van der Waals surface area contributed by atoms with Gasteiger partial charge in [0.1, 0.15) is 0 Å². The number of aryl methyl sites for hydroxylation is 1. The van der Waals surface area contributed by atoms with Gasteiger partial charge in [-0.05, 0) is 6.07 Å². The summed E-state index contributed by atoms with van der Waals surface area (Å²) in [6, 6.07) is 1.98. The van der Waals surface area contributed by atoms with Crippen molar-refractivity contribution in [3.8, 4) is 0 Å². The van der Waals surface area contributed by atoms with Gasteiger partial charge in [0.2, 0.25) is 0 Å². The molecule has 0 atom stereocenters. The van der Waals surface area contributed by atoms with Crippen LogP contribution in [0, 0.1) is 0 Å².